The van der Waals surface area contributed by atoms with Crippen molar-refractivity contribution in [1.29, 1.82) is 0 Å². The van der Waals surface area contributed by atoms with Gasteiger partial charge in [-0.1, -0.05) is 36.4 Å². The first-order valence-corrected chi connectivity index (χ1v) is 10.3. The van der Waals surface area contributed by atoms with Crippen molar-refractivity contribution in [2.75, 3.05) is 10.6 Å². The lowest BCUT2D eigenvalue weighted by Gasteiger charge is -2.12. The van der Waals surface area contributed by atoms with Crippen molar-refractivity contribution < 1.29 is 14.0 Å². The topological polar surface area (TPSA) is 84.0 Å². The van der Waals surface area contributed by atoms with Crippen LogP contribution in [0.1, 0.15) is 16.2 Å². The normalized spacial score (nSPS) is 10.5. The van der Waals surface area contributed by atoms with Crippen molar-refractivity contribution in [3.05, 3.63) is 95.5 Å². The van der Waals surface area contributed by atoms with Gasteiger partial charge >= 0.3 is 0 Å². The van der Waals surface area contributed by atoms with Crippen LogP contribution in [-0.4, -0.2) is 21.8 Å². The van der Waals surface area contributed by atoms with Crippen molar-refractivity contribution in [2.24, 2.45) is 0 Å². The average Bonchev–Trinajstić information content (AvgIpc) is 3.25. The third-order valence-corrected chi connectivity index (χ3v) is 5.26. The highest BCUT2D eigenvalue weighted by Crippen LogP contribution is 2.25. The Morgan fingerprint density at radius 2 is 1.74 bits per heavy atom. The van der Waals surface area contributed by atoms with Crippen LogP contribution in [0.5, 0.6) is 0 Å². The molecule has 0 bridgehead atoms. The summed E-state index contributed by atoms with van der Waals surface area (Å²) >= 11 is 1.45. The van der Waals surface area contributed by atoms with Crippen LogP contribution < -0.4 is 10.6 Å². The lowest BCUT2D eigenvalue weighted by Crippen LogP contribution is -2.19. The van der Waals surface area contributed by atoms with E-state index in [1.54, 1.807) is 18.2 Å². The zero-order chi connectivity index (χ0) is 21.6. The highest BCUT2D eigenvalue weighted by Gasteiger charge is 2.14. The third-order valence-electron chi connectivity index (χ3n) is 4.32. The molecule has 154 valence electrons. The number of hydrogen-bond acceptors (Lipinski definition) is 5. The molecule has 0 radical (unpaired) electrons. The van der Waals surface area contributed by atoms with E-state index in [0.29, 0.717) is 5.69 Å². The molecule has 0 aliphatic rings. The van der Waals surface area contributed by atoms with Crippen LogP contribution in [0.15, 0.2) is 78.3 Å². The molecule has 4 aromatic rings. The first-order chi connectivity index (χ1) is 15.1. The van der Waals surface area contributed by atoms with Gasteiger partial charge in [0, 0.05) is 17.1 Å². The Morgan fingerprint density at radius 3 is 2.52 bits per heavy atom. The fourth-order valence-electron chi connectivity index (χ4n) is 2.87. The maximum absolute atomic E-state index is 13.8. The Morgan fingerprint density at radius 1 is 0.935 bits per heavy atom. The van der Waals surface area contributed by atoms with Gasteiger partial charge in [0.1, 0.15) is 16.5 Å². The van der Waals surface area contributed by atoms with Crippen molar-refractivity contribution in [3.8, 4) is 10.6 Å². The number of thiazole rings is 1. The minimum atomic E-state index is -0.536. The van der Waals surface area contributed by atoms with Gasteiger partial charge in [0.25, 0.3) is 5.91 Å². The highest BCUT2D eigenvalue weighted by atomic mass is 32.1. The van der Waals surface area contributed by atoms with Crippen LogP contribution in [-0.2, 0) is 11.2 Å². The van der Waals surface area contributed by atoms with Crippen LogP contribution in [0.3, 0.4) is 0 Å². The minimum absolute atomic E-state index is 0.0213. The van der Waals surface area contributed by atoms with E-state index in [-0.39, 0.29) is 29.4 Å². The molecular formula is C23H17FN4O2S. The smallest absolute Gasteiger partial charge is 0.274 e. The molecule has 0 saturated heterocycles. The van der Waals surface area contributed by atoms with Gasteiger partial charge in [-0.25, -0.2) is 9.37 Å². The highest BCUT2D eigenvalue weighted by molar-refractivity contribution is 7.13. The number of pyridine rings is 1. The van der Waals surface area contributed by atoms with Crippen molar-refractivity contribution in [1.82, 2.24) is 9.97 Å². The van der Waals surface area contributed by atoms with Crippen molar-refractivity contribution in [3.63, 3.8) is 0 Å². The Bertz CT molecular complexity index is 1210. The Labute approximate surface area is 181 Å². The Hall–Kier alpha value is -3.91. The number of rotatable bonds is 6. The number of nitrogens with zero attached hydrogens (tertiary/aromatic N) is 2. The summed E-state index contributed by atoms with van der Waals surface area (Å²) < 4.78 is 13.8. The maximum Gasteiger partial charge on any atom is 0.274 e. The molecule has 0 unspecified atom stereocenters. The van der Waals surface area contributed by atoms with Gasteiger partial charge in [-0.2, -0.15) is 0 Å². The minimum Gasteiger partial charge on any atom is -0.324 e. The van der Waals surface area contributed by atoms with E-state index >= 15 is 0 Å². The summed E-state index contributed by atoms with van der Waals surface area (Å²) in [6.07, 6.45) is 1.52. The van der Waals surface area contributed by atoms with Gasteiger partial charge in [0.2, 0.25) is 5.91 Å². The zero-order valence-electron chi connectivity index (χ0n) is 16.2. The number of nitrogens with one attached hydrogen (secondary N) is 2. The Balaban J connectivity index is 1.46. The molecule has 0 aliphatic heterocycles. The predicted molar refractivity (Wildman–Crippen MR) is 118 cm³/mol. The van der Waals surface area contributed by atoms with Gasteiger partial charge < -0.3 is 10.6 Å². The number of benzene rings is 2. The second-order valence-electron chi connectivity index (χ2n) is 6.59. The van der Waals surface area contributed by atoms with Crippen molar-refractivity contribution in [2.45, 2.75) is 6.42 Å². The molecule has 0 saturated carbocycles. The summed E-state index contributed by atoms with van der Waals surface area (Å²) in [6.45, 7) is 0. The molecule has 8 heteroatoms. The van der Waals surface area contributed by atoms with Crippen LogP contribution in [0.4, 0.5) is 15.8 Å². The van der Waals surface area contributed by atoms with E-state index in [1.165, 1.54) is 29.7 Å². The van der Waals surface area contributed by atoms with Crippen LogP contribution in [0.25, 0.3) is 10.6 Å². The standard InChI is InChI=1S/C23H17FN4O2S/c24-16-9-10-18(28-22(30)19-8-4-5-11-25-19)20(12-16)27-21(29)13-17-14-31-23(26-17)15-6-2-1-3-7-15/h1-12,14H,13H2,(H,27,29)(H,28,30). The third kappa shape index (κ3) is 5.18. The molecule has 2 aromatic carbocycles. The number of carbonyl (C=O) groups is 2. The molecule has 0 spiro atoms. The number of anilines is 2. The molecule has 31 heavy (non-hydrogen) atoms. The first-order valence-electron chi connectivity index (χ1n) is 9.40. The number of aromatic nitrogens is 2. The molecule has 6 nitrogen and oxygen atoms in total. The Kier molecular flexibility index (Phi) is 6.09. The van der Waals surface area contributed by atoms with E-state index in [4.69, 9.17) is 0 Å². The molecule has 0 fully saturated rings. The molecule has 0 aliphatic carbocycles. The molecule has 2 aromatic heterocycles. The van der Waals surface area contributed by atoms with Gasteiger partial charge in [0.15, 0.2) is 0 Å². The molecule has 0 atom stereocenters. The summed E-state index contributed by atoms with van der Waals surface area (Å²) in [4.78, 5) is 33.4. The predicted octanol–water partition coefficient (Wildman–Crippen LogP) is 4.78. The van der Waals surface area contributed by atoms with E-state index in [0.717, 1.165) is 16.6 Å². The average molecular weight is 432 g/mol. The lowest BCUT2D eigenvalue weighted by atomic mass is 10.2. The fraction of sp³-hybridized carbons (Fsp3) is 0.0435. The summed E-state index contributed by atoms with van der Waals surface area (Å²) in [5.41, 5.74) is 2.22. The SMILES string of the molecule is O=C(Cc1csc(-c2ccccc2)n1)Nc1cc(F)ccc1NC(=O)c1ccccn1. The second kappa shape index (κ2) is 9.27. The number of amides is 2. The fourth-order valence-corrected chi connectivity index (χ4v) is 3.70. The summed E-state index contributed by atoms with van der Waals surface area (Å²) in [7, 11) is 0. The van der Waals surface area contributed by atoms with Gasteiger partial charge in [-0.3, -0.25) is 14.6 Å². The molecular weight excluding hydrogens is 415 g/mol. The largest absolute Gasteiger partial charge is 0.324 e. The summed E-state index contributed by atoms with van der Waals surface area (Å²) in [5.74, 6) is -1.37. The van der Waals surface area contributed by atoms with E-state index in [9.17, 15) is 14.0 Å². The number of halogens is 1. The van der Waals surface area contributed by atoms with Crippen LogP contribution in [0, 0.1) is 5.82 Å². The van der Waals surface area contributed by atoms with Crippen LogP contribution >= 0.6 is 11.3 Å². The molecule has 2 amide bonds. The molecule has 2 heterocycles. The number of carbonyl (C=O) groups excluding carboxylic acids is 2. The molecule has 2 N–H and O–H groups in total. The van der Waals surface area contributed by atoms with E-state index in [2.05, 4.69) is 20.6 Å². The summed E-state index contributed by atoms with van der Waals surface area (Å²) in [5, 5.41) is 7.94. The van der Waals surface area contributed by atoms with Gasteiger partial charge in [-0.05, 0) is 30.3 Å². The zero-order valence-corrected chi connectivity index (χ0v) is 17.0. The molecule has 4 rings (SSSR count). The van der Waals surface area contributed by atoms with Gasteiger partial charge in [-0.15, -0.1) is 11.3 Å². The van der Waals surface area contributed by atoms with Gasteiger partial charge in [0.05, 0.1) is 23.5 Å². The maximum atomic E-state index is 13.8. The van der Waals surface area contributed by atoms with Crippen LogP contribution in [0.2, 0.25) is 0 Å². The lowest BCUT2D eigenvalue weighted by molar-refractivity contribution is -0.115. The summed E-state index contributed by atoms with van der Waals surface area (Å²) in [6, 6.07) is 18.4. The van der Waals surface area contributed by atoms with E-state index < -0.39 is 11.7 Å². The quantitative estimate of drug-likeness (QED) is 0.459. The monoisotopic (exact) mass is 432 g/mol. The van der Waals surface area contributed by atoms with E-state index in [1.807, 2.05) is 35.7 Å². The second-order valence-corrected chi connectivity index (χ2v) is 7.45. The number of hydrogen-bond donors (Lipinski definition) is 2. The first kappa shape index (κ1) is 20.4. The van der Waals surface area contributed by atoms with Crippen molar-refractivity contribution >= 4 is 34.5 Å².